The SMILES string of the molecule is [Cr].c1cc2cc[cH-]cc-2c1.c1cc2cc[cH-]cc-2c1. The van der Waals surface area contributed by atoms with Gasteiger partial charge in [0.05, 0.1) is 0 Å². The van der Waals surface area contributed by atoms with Crippen LogP contribution in [-0.4, -0.2) is 0 Å². The molecule has 0 bridgehead atoms. The molecule has 4 aliphatic carbocycles. The molecule has 94 valence electrons. The van der Waals surface area contributed by atoms with E-state index in [4.69, 9.17) is 0 Å². The Bertz CT molecular complexity index is 545. The third-order valence-corrected chi connectivity index (χ3v) is 3.10. The summed E-state index contributed by atoms with van der Waals surface area (Å²) in [5.74, 6) is 0. The van der Waals surface area contributed by atoms with Crippen molar-refractivity contribution < 1.29 is 17.4 Å². The van der Waals surface area contributed by atoms with E-state index in [2.05, 4.69) is 84.9 Å². The molecule has 0 spiro atoms. The molecule has 0 amide bonds. The van der Waals surface area contributed by atoms with Crippen molar-refractivity contribution in [2.45, 2.75) is 0 Å². The first-order valence-electron chi connectivity index (χ1n) is 6.14. The van der Waals surface area contributed by atoms with Crippen LogP contribution in [0.4, 0.5) is 0 Å². The molecule has 0 atom stereocenters. The van der Waals surface area contributed by atoms with E-state index < -0.39 is 0 Å². The van der Waals surface area contributed by atoms with Crippen molar-refractivity contribution in [2.24, 2.45) is 0 Å². The number of fused-ring (bicyclic) bond motifs is 2. The molecule has 0 nitrogen and oxygen atoms in total. The maximum atomic E-state index is 2.12. The van der Waals surface area contributed by atoms with Crippen LogP contribution in [0.3, 0.4) is 0 Å². The molecule has 4 rings (SSSR count). The van der Waals surface area contributed by atoms with Crippen LogP contribution in [0.15, 0.2) is 84.9 Å². The van der Waals surface area contributed by atoms with Gasteiger partial charge in [0.15, 0.2) is 0 Å². The summed E-state index contributed by atoms with van der Waals surface area (Å²) in [6, 6.07) is 29.3. The van der Waals surface area contributed by atoms with Gasteiger partial charge in [0.1, 0.15) is 0 Å². The standard InChI is InChI=1S/2C9H7.Cr/c2*1-2-5-9-7-3-6-8(9)4-1;/h2*1-7H;/q2*-1;. The molecule has 0 aromatic carbocycles. The monoisotopic (exact) mass is 282 g/mol. The van der Waals surface area contributed by atoms with E-state index in [0.29, 0.717) is 0 Å². The minimum absolute atomic E-state index is 0. The second-order valence-corrected chi connectivity index (χ2v) is 4.31. The van der Waals surface area contributed by atoms with Gasteiger partial charge in [0.25, 0.3) is 0 Å². The molecular weight excluding hydrogens is 268 g/mol. The fourth-order valence-corrected chi connectivity index (χ4v) is 2.14. The van der Waals surface area contributed by atoms with Crippen LogP contribution in [0.1, 0.15) is 0 Å². The van der Waals surface area contributed by atoms with Gasteiger partial charge in [0, 0.05) is 17.4 Å². The van der Waals surface area contributed by atoms with Crippen LogP contribution in [0, 0.1) is 0 Å². The zero-order valence-electron chi connectivity index (χ0n) is 10.5. The van der Waals surface area contributed by atoms with Crippen LogP contribution in [-0.2, 0) is 17.4 Å². The van der Waals surface area contributed by atoms with Gasteiger partial charge in [-0.2, -0.15) is 48.5 Å². The van der Waals surface area contributed by atoms with E-state index in [-0.39, 0.29) is 17.4 Å². The van der Waals surface area contributed by atoms with Crippen LogP contribution >= 0.6 is 0 Å². The predicted octanol–water partition coefficient (Wildman–Crippen LogP) is 5.02. The summed E-state index contributed by atoms with van der Waals surface area (Å²) < 4.78 is 0. The van der Waals surface area contributed by atoms with Gasteiger partial charge in [0.2, 0.25) is 0 Å². The molecule has 0 fully saturated rings. The largest absolute Gasteiger partial charge is 0.172 e. The first kappa shape index (κ1) is 13.6. The Morgan fingerprint density at radius 1 is 0.526 bits per heavy atom. The van der Waals surface area contributed by atoms with E-state index in [9.17, 15) is 0 Å². The van der Waals surface area contributed by atoms with Crippen molar-refractivity contribution in [3.05, 3.63) is 84.9 Å². The van der Waals surface area contributed by atoms with Gasteiger partial charge in [-0.15, -0.1) is 34.4 Å². The second-order valence-electron chi connectivity index (χ2n) is 4.31. The van der Waals surface area contributed by atoms with Crippen LogP contribution in [0.2, 0.25) is 0 Å². The van der Waals surface area contributed by atoms with E-state index in [1.807, 2.05) is 0 Å². The molecule has 1 heteroatoms. The summed E-state index contributed by atoms with van der Waals surface area (Å²) in [6.07, 6.45) is 0. The number of hydrogen-bond donors (Lipinski definition) is 0. The Balaban J connectivity index is 0.000000133. The van der Waals surface area contributed by atoms with Crippen LogP contribution in [0.25, 0.3) is 22.3 Å². The summed E-state index contributed by atoms with van der Waals surface area (Å²) in [5, 5.41) is 0. The minimum atomic E-state index is 0. The predicted molar refractivity (Wildman–Crippen MR) is 77.3 cm³/mol. The van der Waals surface area contributed by atoms with Gasteiger partial charge in [-0.25, -0.2) is 0 Å². The Hall–Kier alpha value is -1.81. The first-order valence-corrected chi connectivity index (χ1v) is 6.14. The van der Waals surface area contributed by atoms with Crippen LogP contribution < -0.4 is 0 Å². The fourth-order valence-electron chi connectivity index (χ4n) is 2.14. The smallest absolute Gasteiger partial charge is 0 e. The van der Waals surface area contributed by atoms with E-state index in [1.54, 1.807) is 0 Å². The maximum absolute atomic E-state index is 2.12. The molecule has 0 heterocycles. The Morgan fingerprint density at radius 3 is 1.37 bits per heavy atom. The van der Waals surface area contributed by atoms with Gasteiger partial charge >= 0.3 is 0 Å². The summed E-state index contributed by atoms with van der Waals surface area (Å²) >= 11 is 0. The molecule has 0 N–H and O–H groups in total. The number of rotatable bonds is 0. The van der Waals surface area contributed by atoms with Gasteiger partial charge in [-0.1, -0.05) is 24.3 Å². The molecular formula is C18H14Cr-2. The fraction of sp³-hybridized carbons (Fsp3) is 0. The van der Waals surface area contributed by atoms with Crippen molar-refractivity contribution in [1.82, 2.24) is 0 Å². The van der Waals surface area contributed by atoms with Gasteiger partial charge in [-0.3, -0.25) is 0 Å². The van der Waals surface area contributed by atoms with Gasteiger partial charge in [-0.05, 0) is 0 Å². The summed E-state index contributed by atoms with van der Waals surface area (Å²) in [6.45, 7) is 0. The third-order valence-electron chi connectivity index (χ3n) is 3.10. The summed E-state index contributed by atoms with van der Waals surface area (Å²) in [7, 11) is 0. The molecule has 0 aliphatic heterocycles. The number of hydrogen-bond acceptors (Lipinski definition) is 0. The van der Waals surface area contributed by atoms with Crippen molar-refractivity contribution >= 4 is 0 Å². The van der Waals surface area contributed by atoms with Crippen molar-refractivity contribution in [3.63, 3.8) is 0 Å². The van der Waals surface area contributed by atoms with Crippen molar-refractivity contribution in [2.75, 3.05) is 0 Å². The van der Waals surface area contributed by atoms with E-state index >= 15 is 0 Å². The maximum Gasteiger partial charge on any atom is 0 e. The zero-order valence-corrected chi connectivity index (χ0v) is 11.8. The average molecular weight is 282 g/mol. The first-order chi connectivity index (χ1) is 8.93. The zero-order chi connectivity index (χ0) is 12.2. The number of benzene rings is 2. The molecule has 0 saturated heterocycles. The Kier molecular flexibility index (Phi) is 4.58. The van der Waals surface area contributed by atoms with E-state index in [1.165, 1.54) is 22.3 Å². The third kappa shape index (κ3) is 3.15. The summed E-state index contributed by atoms with van der Waals surface area (Å²) in [5.41, 5.74) is 5.32. The van der Waals surface area contributed by atoms with Gasteiger partial charge < -0.3 is 0 Å². The van der Waals surface area contributed by atoms with E-state index in [0.717, 1.165) is 0 Å². The topological polar surface area (TPSA) is 0 Å². The van der Waals surface area contributed by atoms with Crippen LogP contribution in [0.5, 0.6) is 0 Å². The Labute approximate surface area is 124 Å². The molecule has 0 unspecified atom stereocenters. The molecule has 4 aliphatic rings. The Morgan fingerprint density at radius 2 is 0.947 bits per heavy atom. The minimum Gasteiger partial charge on any atom is -0.172 e. The quantitative estimate of drug-likeness (QED) is 0.397. The average Bonchev–Trinajstić information content (AvgIpc) is 3.08. The summed E-state index contributed by atoms with van der Waals surface area (Å²) in [4.78, 5) is 0. The molecule has 0 saturated carbocycles. The molecule has 0 aromatic heterocycles. The second kappa shape index (κ2) is 6.39. The normalized spacial score (nSPS) is 9.68. The molecule has 19 heavy (non-hydrogen) atoms. The van der Waals surface area contributed by atoms with Crippen molar-refractivity contribution in [1.29, 1.82) is 0 Å². The molecule has 0 radical (unpaired) electrons. The van der Waals surface area contributed by atoms with Crippen molar-refractivity contribution in [3.8, 4) is 22.3 Å². The molecule has 0 aromatic rings.